The SMILES string of the molecule is CCCc1c(OCc2cccc(Sc3ccc(-c4nn[nH]n4)cc3)c2)ccc(C(C)=O)c1O. The molecular weight excluding hydrogens is 436 g/mol. The summed E-state index contributed by atoms with van der Waals surface area (Å²) in [5, 5.41) is 24.6. The van der Waals surface area contributed by atoms with Gasteiger partial charge in [-0.1, -0.05) is 37.2 Å². The number of benzene rings is 3. The van der Waals surface area contributed by atoms with Crippen LogP contribution in [0.1, 0.15) is 41.8 Å². The molecule has 4 rings (SSSR count). The molecule has 0 unspecified atom stereocenters. The summed E-state index contributed by atoms with van der Waals surface area (Å²) in [6, 6.07) is 19.5. The monoisotopic (exact) mass is 460 g/mol. The van der Waals surface area contributed by atoms with Crippen LogP contribution < -0.4 is 4.74 Å². The number of carbonyl (C=O) groups is 1. The number of tetrazole rings is 1. The number of nitrogens with zero attached hydrogens (tertiary/aromatic N) is 3. The van der Waals surface area contributed by atoms with Gasteiger partial charge in [0.15, 0.2) is 5.78 Å². The van der Waals surface area contributed by atoms with Crippen LogP contribution in [0.25, 0.3) is 11.4 Å². The van der Waals surface area contributed by atoms with Crippen molar-refractivity contribution in [3.05, 3.63) is 77.4 Å². The minimum absolute atomic E-state index is 0.0235. The minimum Gasteiger partial charge on any atom is -0.507 e. The molecule has 0 atom stereocenters. The number of phenols is 1. The Hall–Kier alpha value is -3.65. The molecular formula is C25H24N4O3S. The largest absolute Gasteiger partial charge is 0.507 e. The fourth-order valence-electron chi connectivity index (χ4n) is 3.48. The van der Waals surface area contributed by atoms with Crippen molar-refractivity contribution in [2.24, 2.45) is 0 Å². The maximum atomic E-state index is 11.8. The first-order chi connectivity index (χ1) is 16.0. The van der Waals surface area contributed by atoms with Crippen molar-refractivity contribution in [1.82, 2.24) is 20.6 Å². The molecule has 0 aliphatic rings. The Labute approximate surface area is 196 Å². The normalized spacial score (nSPS) is 10.8. The van der Waals surface area contributed by atoms with Crippen LogP contribution >= 0.6 is 11.8 Å². The first-order valence-corrected chi connectivity index (χ1v) is 11.5. The number of aromatic nitrogens is 4. The molecule has 0 aliphatic carbocycles. The molecule has 0 spiro atoms. The topological polar surface area (TPSA) is 101 Å². The maximum Gasteiger partial charge on any atom is 0.204 e. The molecule has 0 radical (unpaired) electrons. The zero-order valence-electron chi connectivity index (χ0n) is 18.4. The Morgan fingerprint density at radius 3 is 2.61 bits per heavy atom. The van der Waals surface area contributed by atoms with Crippen LogP contribution in [-0.2, 0) is 13.0 Å². The quantitative estimate of drug-likeness (QED) is 0.320. The van der Waals surface area contributed by atoms with Gasteiger partial charge in [-0.25, -0.2) is 0 Å². The predicted octanol–water partition coefficient (Wildman–Crippen LogP) is 5.46. The molecule has 1 heterocycles. The van der Waals surface area contributed by atoms with Gasteiger partial charge >= 0.3 is 0 Å². The fraction of sp³-hybridized carbons (Fsp3) is 0.200. The highest BCUT2D eigenvalue weighted by Gasteiger charge is 2.16. The number of nitrogens with one attached hydrogen (secondary N) is 1. The van der Waals surface area contributed by atoms with Crippen molar-refractivity contribution >= 4 is 17.5 Å². The summed E-state index contributed by atoms with van der Waals surface area (Å²) in [7, 11) is 0. The second-order valence-electron chi connectivity index (χ2n) is 7.54. The lowest BCUT2D eigenvalue weighted by molar-refractivity contribution is 0.101. The average molecular weight is 461 g/mol. The Morgan fingerprint density at radius 1 is 1.09 bits per heavy atom. The molecule has 3 aromatic carbocycles. The van der Waals surface area contributed by atoms with E-state index < -0.39 is 0 Å². The van der Waals surface area contributed by atoms with Crippen LogP contribution in [0.2, 0.25) is 0 Å². The summed E-state index contributed by atoms with van der Waals surface area (Å²) >= 11 is 1.65. The third-order valence-corrected chi connectivity index (χ3v) is 6.10. The number of H-pyrrole nitrogens is 1. The number of carbonyl (C=O) groups excluding carboxylic acids is 1. The lowest BCUT2D eigenvalue weighted by Crippen LogP contribution is -2.02. The molecule has 2 N–H and O–H groups in total. The molecule has 0 saturated carbocycles. The molecule has 0 aliphatic heterocycles. The standard InChI is InChI=1S/C25H24N4O3S/c1-3-5-22-23(13-12-21(16(2)30)24(22)31)32-15-17-6-4-7-20(14-17)33-19-10-8-18(9-11-19)25-26-28-29-27-25/h4,6-14,31H,3,5,15H2,1-2H3,(H,26,27,28,29). The van der Waals surface area contributed by atoms with E-state index in [1.807, 2.05) is 43.3 Å². The number of Topliss-reactive ketones (excluding diaryl/α,β-unsaturated/α-hetero) is 1. The molecule has 0 fully saturated rings. The molecule has 168 valence electrons. The van der Waals surface area contributed by atoms with Crippen LogP contribution in [0.15, 0.2) is 70.5 Å². The smallest absolute Gasteiger partial charge is 0.204 e. The van der Waals surface area contributed by atoms with E-state index in [-0.39, 0.29) is 11.5 Å². The Bertz CT molecular complexity index is 1240. The van der Waals surface area contributed by atoms with E-state index in [0.29, 0.717) is 35.7 Å². The van der Waals surface area contributed by atoms with Gasteiger partial charge in [-0.05, 0) is 72.7 Å². The van der Waals surface area contributed by atoms with Crippen molar-refractivity contribution < 1.29 is 14.6 Å². The van der Waals surface area contributed by atoms with Crippen molar-refractivity contribution in [3.63, 3.8) is 0 Å². The maximum absolute atomic E-state index is 11.8. The van der Waals surface area contributed by atoms with Crippen molar-refractivity contribution in [1.29, 1.82) is 0 Å². The van der Waals surface area contributed by atoms with Gasteiger partial charge in [0.1, 0.15) is 18.1 Å². The number of aromatic hydroxyl groups is 1. The van der Waals surface area contributed by atoms with E-state index in [9.17, 15) is 9.90 Å². The summed E-state index contributed by atoms with van der Waals surface area (Å²) in [6.07, 6.45) is 1.47. The zero-order chi connectivity index (χ0) is 23.2. The van der Waals surface area contributed by atoms with Gasteiger partial charge in [0, 0.05) is 20.9 Å². The molecule has 0 saturated heterocycles. The van der Waals surface area contributed by atoms with Gasteiger partial charge in [-0.3, -0.25) is 4.79 Å². The Balaban J connectivity index is 1.45. The van der Waals surface area contributed by atoms with Crippen molar-refractivity contribution in [2.75, 3.05) is 0 Å². The van der Waals surface area contributed by atoms with Gasteiger partial charge < -0.3 is 9.84 Å². The van der Waals surface area contributed by atoms with Crippen LogP contribution in [0.3, 0.4) is 0 Å². The van der Waals surface area contributed by atoms with Crippen LogP contribution in [0.5, 0.6) is 11.5 Å². The molecule has 33 heavy (non-hydrogen) atoms. The van der Waals surface area contributed by atoms with E-state index in [2.05, 4.69) is 32.8 Å². The van der Waals surface area contributed by atoms with Crippen LogP contribution in [0, 0.1) is 0 Å². The molecule has 0 amide bonds. The minimum atomic E-state index is -0.161. The summed E-state index contributed by atoms with van der Waals surface area (Å²) in [5.74, 6) is 1.03. The zero-order valence-corrected chi connectivity index (χ0v) is 19.2. The van der Waals surface area contributed by atoms with Gasteiger partial charge in [0.05, 0.1) is 5.56 Å². The molecule has 0 bridgehead atoms. The third kappa shape index (κ3) is 5.40. The van der Waals surface area contributed by atoms with E-state index in [1.165, 1.54) is 6.92 Å². The van der Waals surface area contributed by atoms with Crippen molar-refractivity contribution in [2.45, 2.75) is 43.1 Å². The van der Waals surface area contributed by atoms with Gasteiger partial charge in [0.2, 0.25) is 5.82 Å². The number of hydrogen-bond acceptors (Lipinski definition) is 7. The van der Waals surface area contributed by atoms with E-state index >= 15 is 0 Å². The molecule has 8 heteroatoms. The lowest BCUT2D eigenvalue weighted by atomic mass is 10.0. The number of aromatic amines is 1. The van der Waals surface area contributed by atoms with E-state index in [4.69, 9.17) is 4.74 Å². The summed E-state index contributed by atoms with van der Waals surface area (Å²) < 4.78 is 6.05. The number of rotatable bonds is 9. The molecule has 4 aromatic rings. The Kier molecular flexibility index (Phi) is 7.04. The fourth-order valence-corrected chi connectivity index (χ4v) is 4.38. The summed E-state index contributed by atoms with van der Waals surface area (Å²) in [4.78, 5) is 13.9. The highest BCUT2D eigenvalue weighted by atomic mass is 32.2. The lowest BCUT2D eigenvalue weighted by Gasteiger charge is -2.15. The van der Waals surface area contributed by atoms with Crippen LogP contribution in [0.4, 0.5) is 0 Å². The third-order valence-electron chi connectivity index (χ3n) is 5.11. The van der Waals surface area contributed by atoms with Gasteiger partial charge in [0.25, 0.3) is 0 Å². The highest BCUT2D eigenvalue weighted by molar-refractivity contribution is 7.99. The van der Waals surface area contributed by atoms with Crippen LogP contribution in [-0.4, -0.2) is 31.5 Å². The second kappa shape index (κ2) is 10.3. The van der Waals surface area contributed by atoms with Gasteiger partial charge in [-0.15, -0.1) is 10.2 Å². The number of phenolic OH excluding ortho intramolecular Hbond substituents is 1. The average Bonchev–Trinajstić information content (AvgIpc) is 3.35. The molecule has 1 aromatic heterocycles. The number of ketones is 1. The van der Waals surface area contributed by atoms with E-state index in [0.717, 1.165) is 27.3 Å². The van der Waals surface area contributed by atoms with Crippen molar-refractivity contribution in [3.8, 4) is 22.9 Å². The second-order valence-corrected chi connectivity index (χ2v) is 8.69. The first kappa shape index (κ1) is 22.5. The Morgan fingerprint density at radius 2 is 1.91 bits per heavy atom. The number of hydrogen-bond donors (Lipinski definition) is 2. The first-order valence-electron chi connectivity index (χ1n) is 10.6. The highest BCUT2D eigenvalue weighted by Crippen LogP contribution is 2.34. The molecule has 7 nitrogen and oxygen atoms in total. The predicted molar refractivity (Wildman–Crippen MR) is 127 cm³/mol. The summed E-state index contributed by atoms with van der Waals surface area (Å²) in [5.41, 5.74) is 2.92. The van der Waals surface area contributed by atoms with E-state index in [1.54, 1.807) is 23.9 Å². The number of ether oxygens (including phenoxy) is 1. The van der Waals surface area contributed by atoms with Gasteiger partial charge in [-0.2, -0.15) is 5.21 Å². The summed E-state index contributed by atoms with van der Waals surface area (Å²) in [6.45, 7) is 3.84.